The molecule has 43 heavy (non-hydrogen) atoms. The predicted octanol–water partition coefficient (Wildman–Crippen LogP) is 6.37. The smallest absolute Gasteiger partial charge is 0.270 e. The van der Waals surface area contributed by atoms with Gasteiger partial charge in [-0.1, -0.05) is 25.0 Å². The highest BCUT2D eigenvalue weighted by molar-refractivity contribution is 7.17. The second-order valence-corrected chi connectivity index (χ2v) is 12.8. The molecule has 7 rings (SSSR count). The fraction of sp³-hybridized carbons (Fsp3) is 0.394. The van der Waals surface area contributed by atoms with Crippen LogP contribution in [0.15, 0.2) is 51.1 Å². The van der Waals surface area contributed by atoms with Crippen molar-refractivity contribution in [1.82, 2.24) is 19.4 Å². The predicted molar refractivity (Wildman–Crippen MR) is 169 cm³/mol. The average Bonchev–Trinajstić information content (AvgIpc) is 3.77. The van der Waals surface area contributed by atoms with Gasteiger partial charge in [-0.25, -0.2) is 9.97 Å². The van der Waals surface area contributed by atoms with Crippen LogP contribution in [0.5, 0.6) is 5.75 Å². The topological polar surface area (TPSA) is 105 Å². The van der Waals surface area contributed by atoms with Gasteiger partial charge in [0.15, 0.2) is 11.5 Å². The van der Waals surface area contributed by atoms with Gasteiger partial charge in [-0.2, -0.15) is 0 Å². The number of fused-ring (bicyclic) bond motifs is 2. The Morgan fingerprint density at radius 1 is 1.09 bits per heavy atom. The highest BCUT2D eigenvalue weighted by Gasteiger charge is 2.27. The van der Waals surface area contributed by atoms with E-state index in [2.05, 4.69) is 14.5 Å². The van der Waals surface area contributed by atoms with Gasteiger partial charge in [0.2, 0.25) is 5.43 Å². The lowest BCUT2D eigenvalue weighted by Gasteiger charge is -2.26. The van der Waals surface area contributed by atoms with Crippen LogP contribution in [0.4, 0.5) is 5.88 Å². The van der Waals surface area contributed by atoms with E-state index in [9.17, 15) is 14.7 Å². The molecule has 222 valence electrons. The molecule has 2 fully saturated rings. The van der Waals surface area contributed by atoms with Gasteiger partial charge in [0.25, 0.3) is 5.91 Å². The van der Waals surface area contributed by atoms with Crippen molar-refractivity contribution >= 4 is 44.4 Å². The molecule has 4 aromatic heterocycles. The lowest BCUT2D eigenvalue weighted by molar-refractivity contribution is 0.0815. The normalized spacial score (nSPS) is 16.0. The number of aromatic nitrogens is 3. The Balaban J connectivity index is 1.21. The largest absolute Gasteiger partial charge is 0.508 e. The van der Waals surface area contributed by atoms with Crippen molar-refractivity contribution in [3.63, 3.8) is 0 Å². The van der Waals surface area contributed by atoms with Crippen LogP contribution < -0.4 is 10.3 Å². The van der Waals surface area contributed by atoms with Crippen molar-refractivity contribution in [3.8, 4) is 16.9 Å². The number of thiophene rings is 1. The monoisotopic (exact) mass is 597 g/mol. The van der Waals surface area contributed by atoms with E-state index in [1.54, 1.807) is 37.3 Å². The third-order valence-electron chi connectivity index (χ3n) is 8.78. The maximum absolute atomic E-state index is 13.0. The number of carbonyl (C=O) groups excluding carboxylic acids is 1. The Kier molecular flexibility index (Phi) is 7.17. The molecule has 0 atom stereocenters. The van der Waals surface area contributed by atoms with Crippen molar-refractivity contribution in [3.05, 3.63) is 69.2 Å². The van der Waals surface area contributed by atoms with E-state index in [1.165, 1.54) is 17.8 Å². The molecular formula is C33H35N5O4S. The number of benzene rings is 1. The van der Waals surface area contributed by atoms with E-state index >= 15 is 0 Å². The molecule has 0 bridgehead atoms. The van der Waals surface area contributed by atoms with Gasteiger partial charge in [-0.3, -0.25) is 9.59 Å². The van der Waals surface area contributed by atoms with Crippen molar-refractivity contribution in [2.45, 2.75) is 57.4 Å². The van der Waals surface area contributed by atoms with Gasteiger partial charge in [0.05, 0.1) is 0 Å². The maximum atomic E-state index is 13.0. The van der Waals surface area contributed by atoms with Gasteiger partial charge < -0.3 is 23.9 Å². The summed E-state index contributed by atoms with van der Waals surface area (Å²) in [5.41, 5.74) is 4.21. The molecule has 5 heterocycles. The van der Waals surface area contributed by atoms with Crippen molar-refractivity contribution in [2.75, 3.05) is 32.1 Å². The third-order valence-corrected chi connectivity index (χ3v) is 9.76. The summed E-state index contributed by atoms with van der Waals surface area (Å²) in [6.45, 7) is 1.77. The van der Waals surface area contributed by atoms with Crippen molar-refractivity contribution in [1.29, 1.82) is 0 Å². The summed E-state index contributed by atoms with van der Waals surface area (Å²) in [5.74, 6) is 1.28. The molecule has 1 saturated heterocycles. The molecule has 0 unspecified atom stereocenters. The molecule has 1 aliphatic heterocycles. The Morgan fingerprint density at radius 3 is 2.63 bits per heavy atom. The second-order valence-electron chi connectivity index (χ2n) is 11.9. The fourth-order valence-electron chi connectivity index (χ4n) is 6.51. The van der Waals surface area contributed by atoms with E-state index in [0.29, 0.717) is 39.7 Å². The standard InChI is InChI=1S/C33H35N5O4S/c1-36(2)33(41)25-14-22-18-34-28(35-32(22)38(25)23-8-4-5-9-23)16-21-11-10-20(15-26(21)39)24-19-43-31-27(40)17-29(42-30(24)31)37-12-6-3-7-13-37/h10-11,14-15,17-19,23,39H,3-9,12-13,16H2,1-2H3. The van der Waals surface area contributed by atoms with Crippen molar-refractivity contribution < 1.29 is 14.3 Å². The van der Waals surface area contributed by atoms with Crippen LogP contribution in [-0.4, -0.2) is 57.6 Å². The number of anilines is 1. The lowest BCUT2D eigenvalue weighted by Crippen LogP contribution is -2.29. The van der Waals surface area contributed by atoms with Crippen LogP contribution in [0.25, 0.3) is 32.4 Å². The molecule has 1 N–H and O–H groups in total. The molecule has 1 amide bonds. The van der Waals surface area contributed by atoms with E-state index in [4.69, 9.17) is 9.40 Å². The molecule has 0 spiro atoms. The number of phenolic OH excluding ortho intramolecular Hbond substituents is 1. The van der Waals surface area contributed by atoms with Gasteiger partial charge in [0, 0.05) is 73.8 Å². The quantitative estimate of drug-likeness (QED) is 0.243. The first-order valence-electron chi connectivity index (χ1n) is 15.1. The molecular weight excluding hydrogens is 562 g/mol. The summed E-state index contributed by atoms with van der Waals surface area (Å²) in [4.78, 5) is 39.2. The molecule has 5 aromatic rings. The minimum Gasteiger partial charge on any atom is -0.508 e. The number of aromatic hydroxyl groups is 1. The number of nitrogens with zero attached hydrogens (tertiary/aromatic N) is 5. The zero-order chi connectivity index (χ0) is 29.7. The lowest BCUT2D eigenvalue weighted by atomic mass is 10.0. The first-order chi connectivity index (χ1) is 20.9. The molecule has 0 radical (unpaired) electrons. The van der Waals surface area contributed by atoms with Gasteiger partial charge in [-0.15, -0.1) is 11.3 Å². The number of rotatable bonds is 6. The second kappa shape index (κ2) is 11.1. The van der Waals surface area contributed by atoms with E-state index in [-0.39, 0.29) is 23.1 Å². The minimum atomic E-state index is -0.0421. The Hall–Kier alpha value is -4.18. The van der Waals surface area contributed by atoms with Crippen LogP contribution in [0, 0.1) is 0 Å². The summed E-state index contributed by atoms with van der Waals surface area (Å²) in [6.07, 6.45) is 9.82. The molecule has 1 saturated carbocycles. The van der Waals surface area contributed by atoms with Crippen molar-refractivity contribution in [2.24, 2.45) is 0 Å². The molecule has 1 aliphatic carbocycles. The van der Waals surface area contributed by atoms with E-state index < -0.39 is 0 Å². The average molecular weight is 598 g/mol. The number of amides is 1. The highest BCUT2D eigenvalue weighted by atomic mass is 32.1. The zero-order valence-corrected chi connectivity index (χ0v) is 25.3. The van der Waals surface area contributed by atoms with Crippen LogP contribution in [0.2, 0.25) is 0 Å². The van der Waals surface area contributed by atoms with Crippen LogP contribution in [-0.2, 0) is 6.42 Å². The van der Waals surface area contributed by atoms with Gasteiger partial charge in [0.1, 0.15) is 27.6 Å². The Labute approximate surface area is 253 Å². The summed E-state index contributed by atoms with van der Waals surface area (Å²) in [7, 11) is 3.53. The number of carbonyl (C=O) groups is 1. The van der Waals surface area contributed by atoms with E-state index in [0.717, 1.165) is 73.8 Å². The van der Waals surface area contributed by atoms with Gasteiger partial charge >= 0.3 is 0 Å². The summed E-state index contributed by atoms with van der Waals surface area (Å²) >= 11 is 1.37. The zero-order valence-electron chi connectivity index (χ0n) is 24.5. The number of phenols is 1. The highest BCUT2D eigenvalue weighted by Crippen LogP contribution is 2.38. The molecule has 2 aliphatic rings. The minimum absolute atomic E-state index is 0.0377. The first kappa shape index (κ1) is 27.6. The fourth-order valence-corrected chi connectivity index (χ4v) is 7.42. The third kappa shape index (κ3) is 5.07. The number of hydrogen-bond acceptors (Lipinski definition) is 8. The number of hydrogen-bond donors (Lipinski definition) is 1. The first-order valence-corrected chi connectivity index (χ1v) is 16.0. The van der Waals surface area contributed by atoms with Crippen LogP contribution >= 0.6 is 11.3 Å². The summed E-state index contributed by atoms with van der Waals surface area (Å²) in [5, 5.41) is 13.9. The molecule has 9 nitrogen and oxygen atoms in total. The maximum Gasteiger partial charge on any atom is 0.270 e. The summed E-state index contributed by atoms with van der Waals surface area (Å²) < 4.78 is 8.99. The summed E-state index contributed by atoms with van der Waals surface area (Å²) in [6, 6.07) is 9.28. The van der Waals surface area contributed by atoms with Crippen LogP contribution in [0.3, 0.4) is 0 Å². The van der Waals surface area contributed by atoms with Gasteiger partial charge in [-0.05, 0) is 49.8 Å². The Morgan fingerprint density at radius 2 is 1.88 bits per heavy atom. The SMILES string of the molecule is CN(C)C(=O)c1cc2cnc(Cc3ccc(-c4csc5c(=O)cc(N6CCCCC6)oc45)cc3O)nc2n1C1CCCC1. The number of piperidine rings is 1. The van der Waals surface area contributed by atoms with Crippen LogP contribution in [0.1, 0.15) is 72.9 Å². The molecule has 1 aromatic carbocycles. The Bertz CT molecular complexity index is 1890. The van der Waals surface area contributed by atoms with E-state index in [1.807, 2.05) is 23.6 Å². The molecule has 10 heteroatoms.